The van der Waals surface area contributed by atoms with Gasteiger partial charge in [-0.1, -0.05) is 30.3 Å². The number of carboxylic acids is 1. The monoisotopic (exact) mass is 407 g/mol. The summed E-state index contributed by atoms with van der Waals surface area (Å²) in [5, 5.41) is 9.33. The largest absolute Gasteiger partial charge is 0.484 e. The normalized spacial score (nSPS) is 19.0. The minimum absolute atomic E-state index is 0.00908. The average Bonchev–Trinajstić information content (AvgIpc) is 3.16. The van der Waals surface area contributed by atoms with Crippen molar-refractivity contribution in [2.75, 3.05) is 19.7 Å². The van der Waals surface area contributed by atoms with Crippen molar-refractivity contribution >= 4 is 22.9 Å². The number of aromatic amines is 1. The van der Waals surface area contributed by atoms with Gasteiger partial charge in [0.2, 0.25) is 0 Å². The predicted octanol–water partition coefficient (Wildman–Crippen LogP) is 3.12. The number of aromatic nitrogens is 2. The summed E-state index contributed by atoms with van der Waals surface area (Å²) in [5.74, 6) is 0.631. The fourth-order valence-corrected chi connectivity index (χ4v) is 4.14. The van der Waals surface area contributed by atoms with Crippen LogP contribution < -0.4 is 4.74 Å². The van der Waals surface area contributed by atoms with Crippen molar-refractivity contribution in [1.29, 1.82) is 0 Å². The summed E-state index contributed by atoms with van der Waals surface area (Å²) in [6.45, 7) is 1.03. The van der Waals surface area contributed by atoms with Crippen LogP contribution >= 0.6 is 0 Å². The molecular formula is C23H25N3O4. The number of rotatable bonds is 7. The summed E-state index contributed by atoms with van der Waals surface area (Å²) in [5.41, 5.74) is 1.85. The molecule has 1 saturated heterocycles. The summed E-state index contributed by atoms with van der Waals surface area (Å²) >= 11 is 0. The first-order valence-electron chi connectivity index (χ1n) is 10.2. The molecule has 7 heteroatoms. The lowest BCUT2D eigenvalue weighted by atomic mass is 9.81. The number of fused-ring (bicyclic) bond motifs is 1. The number of amides is 1. The first kappa shape index (κ1) is 19.9. The lowest BCUT2D eigenvalue weighted by Crippen LogP contribution is -2.46. The van der Waals surface area contributed by atoms with Crippen LogP contribution in [-0.4, -0.2) is 51.5 Å². The topological polar surface area (TPSA) is 95.5 Å². The van der Waals surface area contributed by atoms with E-state index >= 15 is 0 Å². The highest BCUT2D eigenvalue weighted by Crippen LogP contribution is 2.30. The Morgan fingerprint density at radius 1 is 1.10 bits per heavy atom. The van der Waals surface area contributed by atoms with Crippen molar-refractivity contribution in [3.8, 4) is 5.75 Å². The van der Waals surface area contributed by atoms with Crippen molar-refractivity contribution < 1.29 is 19.4 Å². The van der Waals surface area contributed by atoms with Gasteiger partial charge >= 0.3 is 5.97 Å². The lowest BCUT2D eigenvalue weighted by molar-refractivity contribution is -0.140. The molecule has 0 spiro atoms. The van der Waals surface area contributed by atoms with Gasteiger partial charge in [-0.05, 0) is 42.5 Å². The minimum Gasteiger partial charge on any atom is -0.484 e. The Labute approximate surface area is 174 Å². The molecule has 2 N–H and O–H groups in total. The van der Waals surface area contributed by atoms with Gasteiger partial charge in [0, 0.05) is 25.9 Å². The molecule has 30 heavy (non-hydrogen) atoms. The number of hydrogen-bond donors (Lipinski definition) is 2. The molecule has 2 aromatic carbocycles. The number of H-pyrrole nitrogens is 1. The third kappa shape index (κ3) is 4.79. The number of carboxylic acid groups (broad SMARTS) is 1. The molecule has 156 valence electrons. The van der Waals surface area contributed by atoms with Crippen LogP contribution in [0.3, 0.4) is 0 Å². The van der Waals surface area contributed by atoms with Gasteiger partial charge in [0.1, 0.15) is 11.6 Å². The molecule has 3 aromatic rings. The number of para-hydroxylation sites is 3. The van der Waals surface area contributed by atoms with E-state index in [1.807, 2.05) is 54.6 Å². The average molecular weight is 407 g/mol. The fraction of sp³-hybridized carbons (Fsp3) is 0.348. The Kier molecular flexibility index (Phi) is 5.97. The number of carbonyl (C=O) groups excluding carboxylic acids is 1. The summed E-state index contributed by atoms with van der Waals surface area (Å²) < 4.78 is 5.60. The molecule has 2 atom stereocenters. The van der Waals surface area contributed by atoms with Gasteiger partial charge in [-0.2, -0.15) is 0 Å². The van der Waals surface area contributed by atoms with Gasteiger partial charge in [-0.15, -0.1) is 0 Å². The van der Waals surface area contributed by atoms with E-state index in [9.17, 15) is 14.7 Å². The molecule has 4 rings (SSSR count). The predicted molar refractivity (Wildman–Crippen MR) is 112 cm³/mol. The summed E-state index contributed by atoms with van der Waals surface area (Å²) in [7, 11) is 0. The number of ether oxygens (including phenoxy) is 1. The highest BCUT2D eigenvalue weighted by atomic mass is 16.5. The summed E-state index contributed by atoms with van der Waals surface area (Å²) in [6, 6.07) is 17.1. The maximum Gasteiger partial charge on any atom is 0.303 e. The van der Waals surface area contributed by atoms with Crippen LogP contribution in [-0.2, 0) is 16.0 Å². The zero-order valence-electron chi connectivity index (χ0n) is 16.7. The molecule has 0 radical (unpaired) electrons. The lowest BCUT2D eigenvalue weighted by Gasteiger charge is -2.38. The van der Waals surface area contributed by atoms with Crippen molar-refractivity contribution in [2.45, 2.75) is 19.3 Å². The van der Waals surface area contributed by atoms with E-state index < -0.39 is 5.97 Å². The quantitative estimate of drug-likeness (QED) is 0.627. The fourth-order valence-electron chi connectivity index (χ4n) is 4.14. The van der Waals surface area contributed by atoms with Gasteiger partial charge in [0.15, 0.2) is 6.61 Å². The number of nitrogens with one attached hydrogen (secondary N) is 1. The number of benzene rings is 2. The molecule has 1 aliphatic rings. The minimum atomic E-state index is -0.804. The molecule has 0 unspecified atom stereocenters. The molecule has 1 amide bonds. The van der Waals surface area contributed by atoms with E-state index in [1.165, 1.54) is 0 Å². The number of imidazole rings is 1. The number of aliphatic carboxylic acids is 1. The van der Waals surface area contributed by atoms with E-state index in [0.29, 0.717) is 31.7 Å². The number of nitrogens with zero attached hydrogens (tertiary/aromatic N) is 2. The maximum atomic E-state index is 12.7. The number of piperidine rings is 1. The van der Waals surface area contributed by atoms with E-state index in [0.717, 1.165) is 16.9 Å². The first-order chi connectivity index (χ1) is 14.6. The molecule has 0 bridgehead atoms. The Morgan fingerprint density at radius 3 is 2.63 bits per heavy atom. The van der Waals surface area contributed by atoms with Crippen molar-refractivity contribution in [3.05, 3.63) is 60.4 Å². The molecule has 1 aromatic heterocycles. The molecule has 7 nitrogen and oxygen atoms in total. The Hall–Kier alpha value is -3.35. The van der Waals surface area contributed by atoms with Gasteiger partial charge in [-0.25, -0.2) is 4.98 Å². The highest BCUT2D eigenvalue weighted by Gasteiger charge is 2.33. The molecule has 0 saturated carbocycles. The second kappa shape index (κ2) is 8.98. The van der Waals surface area contributed by atoms with Crippen LogP contribution in [0.15, 0.2) is 54.6 Å². The number of carbonyl (C=O) groups is 2. The molecule has 1 fully saturated rings. The van der Waals surface area contributed by atoms with Crippen LogP contribution in [0.4, 0.5) is 0 Å². The van der Waals surface area contributed by atoms with Crippen LogP contribution in [0.2, 0.25) is 0 Å². The summed E-state index contributed by atoms with van der Waals surface area (Å²) in [4.78, 5) is 33.8. The SMILES string of the molecule is O=C(O)C[C@@H]1CCN(C(=O)COc2ccccc2)C[C@@H]1Cc1nc2ccccc2[nH]1. The molecule has 1 aliphatic heterocycles. The number of likely N-dealkylation sites (tertiary alicyclic amines) is 1. The standard InChI is InChI=1S/C23H25N3O4/c27-22(15-30-18-6-2-1-3-7-18)26-11-10-16(13-23(28)29)17(14-26)12-21-24-19-8-4-5-9-20(19)25-21/h1-9,16-17H,10-15H2,(H,24,25)(H,28,29)/t16-,17-/m0/s1. The van der Waals surface area contributed by atoms with Crippen LogP contribution in [0.25, 0.3) is 11.0 Å². The van der Waals surface area contributed by atoms with E-state index in [1.54, 1.807) is 4.90 Å². The van der Waals surface area contributed by atoms with E-state index in [-0.39, 0.29) is 30.8 Å². The third-order valence-corrected chi connectivity index (χ3v) is 5.68. The Bertz CT molecular complexity index is 984. The second-order valence-electron chi connectivity index (χ2n) is 7.75. The van der Waals surface area contributed by atoms with E-state index in [2.05, 4.69) is 9.97 Å². The zero-order chi connectivity index (χ0) is 20.9. The highest BCUT2D eigenvalue weighted by molar-refractivity contribution is 5.78. The smallest absolute Gasteiger partial charge is 0.303 e. The zero-order valence-corrected chi connectivity index (χ0v) is 16.7. The van der Waals surface area contributed by atoms with E-state index in [4.69, 9.17) is 4.74 Å². The van der Waals surface area contributed by atoms with Gasteiger partial charge in [-0.3, -0.25) is 9.59 Å². The molecular weight excluding hydrogens is 382 g/mol. The van der Waals surface area contributed by atoms with Crippen molar-refractivity contribution in [2.24, 2.45) is 11.8 Å². The van der Waals surface area contributed by atoms with Gasteiger partial charge < -0.3 is 19.7 Å². The second-order valence-corrected chi connectivity index (χ2v) is 7.75. The molecule has 0 aliphatic carbocycles. The van der Waals surface area contributed by atoms with Crippen molar-refractivity contribution in [1.82, 2.24) is 14.9 Å². The van der Waals surface area contributed by atoms with Crippen molar-refractivity contribution in [3.63, 3.8) is 0 Å². The Balaban J connectivity index is 1.43. The van der Waals surface area contributed by atoms with Crippen LogP contribution in [0, 0.1) is 11.8 Å². The third-order valence-electron chi connectivity index (χ3n) is 5.68. The summed E-state index contributed by atoms with van der Waals surface area (Å²) in [6.07, 6.45) is 1.37. The van der Waals surface area contributed by atoms with Gasteiger partial charge in [0.25, 0.3) is 5.91 Å². The number of hydrogen-bond acceptors (Lipinski definition) is 4. The maximum absolute atomic E-state index is 12.7. The van der Waals surface area contributed by atoms with Crippen LogP contribution in [0.1, 0.15) is 18.7 Å². The first-order valence-corrected chi connectivity index (χ1v) is 10.2. The van der Waals surface area contributed by atoms with Crippen LogP contribution in [0.5, 0.6) is 5.75 Å². The van der Waals surface area contributed by atoms with Gasteiger partial charge in [0.05, 0.1) is 11.0 Å². The molecule has 2 heterocycles. The Morgan fingerprint density at radius 2 is 1.87 bits per heavy atom.